The van der Waals surface area contributed by atoms with Crippen LogP contribution in [0.2, 0.25) is 0 Å². The van der Waals surface area contributed by atoms with E-state index < -0.39 is 0 Å². The monoisotopic (exact) mass is 167 g/mol. The van der Waals surface area contributed by atoms with Gasteiger partial charge in [0.25, 0.3) is 0 Å². The number of hydrogen-bond donors (Lipinski definition) is 1. The van der Waals surface area contributed by atoms with Crippen molar-refractivity contribution in [1.29, 1.82) is 0 Å². The van der Waals surface area contributed by atoms with Gasteiger partial charge in [0.1, 0.15) is 0 Å². The Kier molecular flexibility index (Phi) is 2.55. The Bertz CT molecular complexity index is 206. The van der Waals surface area contributed by atoms with E-state index in [-0.39, 0.29) is 5.41 Å². The zero-order valence-electron chi connectivity index (χ0n) is 7.88. The van der Waals surface area contributed by atoms with Crippen molar-refractivity contribution in [3.63, 3.8) is 0 Å². The number of rotatable bonds is 2. The van der Waals surface area contributed by atoms with E-state index in [0.29, 0.717) is 5.92 Å². The lowest BCUT2D eigenvalue weighted by Crippen LogP contribution is -2.19. The summed E-state index contributed by atoms with van der Waals surface area (Å²) < 4.78 is 0. The fourth-order valence-electron chi connectivity index (χ4n) is 1.91. The second kappa shape index (κ2) is 3.30. The van der Waals surface area contributed by atoms with E-state index in [1.165, 1.54) is 12.0 Å². The molecule has 0 aromatic carbocycles. The third kappa shape index (κ3) is 1.52. The first-order chi connectivity index (χ1) is 5.59. The summed E-state index contributed by atoms with van der Waals surface area (Å²) in [5.74, 6) is 0.598. The minimum Gasteiger partial charge on any atom is -0.411 e. The molecule has 0 radical (unpaired) electrons. The quantitative estimate of drug-likeness (QED) is 0.292. The van der Waals surface area contributed by atoms with Crippen molar-refractivity contribution in [1.82, 2.24) is 0 Å². The van der Waals surface area contributed by atoms with Crippen LogP contribution in [0.1, 0.15) is 33.1 Å². The van der Waals surface area contributed by atoms with Crippen molar-refractivity contribution >= 4 is 6.21 Å². The molecule has 1 N–H and O–H groups in total. The third-order valence-electron chi connectivity index (χ3n) is 3.20. The number of allylic oxidation sites excluding steroid dienone is 1. The molecule has 1 atom stereocenters. The van der Waals surface area contributed by atoms with Crippen molar-refractivity contribution in [3.8, 4) is 0 Å². The molecular weight excluding hydrogens is 150 g/mol. The lowest BCUT2D eigenvalue weighted by molar-refractivity contribution is 0.301. The van der Waals surface area contributed by atoms with Crippen molar-refractivity contribution in [2.24, 2.45) is 16.5 Å². The summed E-state index contributed by atoms with van der Waals surface area (Å²) in [7, 11) is 0. The highest BCUT2D eigenvalue weighted by Gasteiger charge is 2.36. The molecule has 68 valence electrons. The normalized spacial score (nSPS) is 28.5. The molecule has 0 heterocycles. The maximum absolute atomic E-state index is 8.31. The van der Waals surface area contributed by atoms with Crippen LogP contribution < -0.4 is 0 Å². The van der Waals surface area contributed by atoms with Gasteiger partial charge in [0.05, 0.1) is 0 Å². The van der Waals surface area contributed by atoms with Gasteiger partial charge in [-0.3, -0.25) is 0 Å². The summed E-state index contributed by atoms with van der Waals surface area (Å²) in [5.41, 5.74) is 1.56. The third-order valence-corrected chi connectivity index (χ3v) is 3.20. The van der Waals surface area contributed by atoms with E-state index in [4.69, 9.17) is 5.21 Å². The molecule has 0 aromatic heterocycles. The first-order valence-electron chi connectivity index (χ1n) is 4.43. The standard InChI is InChI=1S/C10H17NO/c1-8-4-5-9(6-7-11-12)10(8,2)3/h7,9,12H,1,4-6H2,2-3H3/b11-7-/t9-/m1/s1. The minimum atomic E-state index is 0.223. The van der Waals surface area contributed by atoms with Crippen LogP contribution in [-0.4, -0.2) is 11.4 Å². The maximum atomic E-state index is 8.31. The summed E-state index contributed by atoms with van der Waals surface area (Å²) >= 11 is 0. The van der Waals surface area contributed by atoms with E-state index in [0.717, 1.165) is 12.8 Å². The molecule has 2 heteroatoms. The predicted molar refractivity (Wildman–Crippen MR) is 50.5 cm³/mol. The van der Waals surface area contributed by atoms with Gasteiger partial charge in [0, 0.05) is 6.21 Å². The van der Waals surface area contributed by atoms with Crippen LogP contribution in [0.25, 0.3) is 0 Å². The van der Waals surface area contributed by atoms with E-state index >= 15 is 0 Å². The number of oxime groups is 1. The molecule has 0 aromatic rings. The van der Waals surface area contributed by atoms with Crippen LogP contribution in [0.15, 0.2) is 17.3 Å². The molecule has 12 heavy (non-hydrogen) atoms. The van der Waals surface area contributed by atoms with Gasteiger partial charge in [-0.1, -0.05) is 26.0 Å². The molecule has 1 aliphatic rings. The Morgan fingerprint density at radius 3 is 2.83 bits per heavy atom. The zero-order valence-corrected chi connectivity index (χ0v) is 7.88. The maximum Gasteiger partial charge on any atom is 0.0439 e. The molecule has 1 aliphatic carbocycles. The summed E-state index contributed by atoms with van der Waals surface area (Å²) in [6.07, 6.45) is 4.75. The Hall–Kier alpha value is -0.790. The lowest BCUT2D eigenvalue weighted by Gasteiger charge is -2.26. The highest BCUT2D eigenvalue weighted by atomic mass is 16.4. The molecule has 1 rings (SSSR count). The fraction of sp³-hybridized carbons (Fsp3) is 0.700. The summed E-state index contributed by atoms with van der Waals surface area (Å²) in [5, 5.41) is 11.3. The molecule has 1 fully saturated rings. The Morgan fingerprint density at radius 1 is 1.75 bits per heavy atom. The van der Waals surface area contributed by atoms with E-state index in [2.05, 4.69) is 25.6 Å². The molecule has 0 bridgehead atoms. The summed E-state index contributed by atoms with van der Waals surface area (Å²) in [6, 6.07) is 0. The fourth-order valence-corrected chi connectivity index (χ4v) is 1.91. The van der Waals surface area contributed by atoms with Crippen molar-refractivity contribution in [3.05, 3.63) is 12.2 Å². The zero-order chi connectivity index (χ0) is 9.19. The molecule has 0 saturated heterocycles. The van der Waals surface area contributed by atoms with Crippen molar-refractivity contribution in [2.75, 3.05) is 0 Å². The van der Waals surface area contributed by atoms with E-state index in [9.17, 15) is 0 Å². The SMILES string of the molecule is C=C1CC[C@H](C/C=N\O)C1(C)C. The van der Waals surface area contributed by atoms with Gasteiger partial charge >= 0.3 is 0 Å². The van der Waals surface area contributed by atoms with Gasteiger partial charge < -0.3 is 5.21 Å². The first kappa shape index (κ1) is 9.30. The van der Waals surface area contributed by atoms with Gasteiger partial charge in [-0.15, -0.1) is 5.16 Å². The van der Waals surface area contributed by atoms with Crippen LogP contribution in [0.3, 0.4) is 0 Å². The average Bonchev–Trinajstić information content (AvgIpc) is 2.25. The topological polar surface area (TPSA) is 32.6 Å². The van der Waals surface area contributed by atoms with Crippen LogP contribution in [0, 0.1) is 11.3 Å². The van der Waals surface area contributed by atoms with E-state index in [1.54, 1.807) is 6.21 Å². The molecule has 0 aliphatic heterocycles. The molecule has 0 spiro atoms. The Morgan fingerprint density at radius 2 is 2.42 bits per heavy atom. The van der Waals surface area contributed by atoms with Gasteiger partial charge in [0.15, 0.2) is 0 Å². The van der Waals surface area contributed by atoms with Gasteiger partial charge in [-0.2, -0.15) is 0 Å². The predicted octanol–water partition coefficient (Wildman–Crippen LogP) is 2.83. The second-order valence-electron chi connectivity index (χ2n) is 4.09. The lowest BCUT2D eigenvalue weighted by atomic mass is 9.78. The highest BCUT2D eigenvalue weighted by Crippen LogP contribution is 2.47. The first-order valence-corrected chi connectivity index (χ1v) is 4.43. The molecule has 0 amide bonds. The number of hydrogen-bond acceptors (Lipinski definition) is 2. The van der Waals surface area contributed by atoms with Crippen molar-refractivity contribution in [2.45, 2.75) is 33.1 Å². The molecular formula is C10H17NO. The molecule has 1 saturated carbocycles. The summed E-state index contributed by atoms with van der Waals surface area (Å²) in [4.78, 5) is 0. The Labute approximate surface area is 74.0 Å². The van der Waals surface area contributed by atoms with Gasteiger partial charge in [-0.25, -0.2) is 0 Å². The van der Waals surface area contributed by atoms with Crippen molar-refractivity contribution < 1.29 is 5.21 Å². The number of nitrogens with zero attached hydrogens (tertiary/aromatic N) is 1. The van der Waals surface area contributed by atoms with Gasteiger partial charge in [0.2, 0.25) is 0 Å². The summed E-state index contributed by atoms with van der Waals surface area (Å²) in [6.45, 7) is 8.50. The smallest absolute Gasteiger partial charge is 0.0439 e. The van der Waals surface area contributed by atoms with Crippen LogP contribution >= 0.6 is 0 Å². The molecule has 0 unspecified atom stereocenters. The second-order valence-corrected chi connectivity index (χ2v) is 4.09. The van der Waals surface area contributed by atoms with Crippen LogP contribution in [0.5, 0.6) is 0 Å². The van der Waals surface area contributed by atoms with Gasteiger partial charge in [-0.05, 0) is 30.6 Å². The average molecular weight is 167 g/mol. The Balaban J connectivity index is 2.62. The highest BCUT2D eigenvalue weighted by molar-refractivity contribution is 5.57. The minimum absolute atomic E-state index is 0.223. The van der Waals surface area contributed by atoms with E-state index in [1.807, 2.05) is 0 Å². The largest absolute Gasteiger partial charge is 0.411 e. The molecule has 2 nitrogen and oxygen atoms in total. The van der Waals surface area contributed by atoms with Crippen LogP contribution in [-0.2, 0) is 0 Å². The van der Waals surface area contributed by atoms with Crippen LogP contribution in [0.4, 0.5) is 0 Å².